The molecule has 0 unspecified atom stereocenters. The first-order valence-electron chi connectivity index (χ1n) is 6.27. The molecule has 4 saturated carbocycles. The molecule has 4 aliphatic rings. The Morgan fingerprint density at radius 3 is 2.62 bits per heavy atom. The first kappa shape index (κ1) is 10.3. The van der Waals surface area contributed by atoms with Crippen molar-refractivity contribution in [2.45, 2.75) is 44.1 Å². The second-order valence-corrected chi connectivity index (χ2v) is 5.69. The Morgan fingerprint density at radius 1 is 1.31 bits per heavy atom. The summed E-state index contributed by atoms with van der Waals surface area (Å²) in [7, 11) is 0. The van der Waals surface area contributed by atoms with Crippen LogP contribution >= 0.6 is 0 Å². The van der Waals surface area contributed by atoms with Crippen molar-refractivity contribution in [2.24, 2.45) is 17.8 Å². The van der Waals surface area contributed by atoms with Crippen molar-refractivity contribution in [1.29, 1.82) is 5.26 Å². The van der Waals surface area contributed by atoms with Crippen LogP contribution in [0, 0.1) is 29.1 Å². The standard InChI is InChI=1S/C13H17NO2/c14-2-1-3-16-13-6-9-4-10(7-13)12(15)11(5-9)8-13/h9-11H,1,3-8H2/t9?,10-,11-,13?/m0/s1. The molecule has 16 heavy (non-hydrogen) atoms. The van der Waals surface area contributed by atoms with E-state index in [2.05, 4.69) is 6.07 Å². The Kier molecular flexibility index (Phi) is 2.29. The number of nitrogens with zero attached hydrogens (tertiary/aromatic N) is 1. The average Bonchev–Trinajstić information content (AvgIpc) is 2.25. The highest BCUT2D eigenvalue weighted by atomic mass is 16.5. The Balaban J connectivity index is 1.73. The number of hydrogen-bond acceptors (Lipinski definition) is 3. The van der Waals surface area contributed by atoms with E-state index >= 15 is 0 Å². The number of hydrogen-bond donors (Lipinski definition) is 0. The summed E-state index contributed by atoms with van der Waals surface area (Å²) in [5.74, 6) is 1.74. The molecule has 3 nitrogen and oxygen atoms in total. The highest BCUT2D eigenvalue weighted by Crippen LogP contribution is 2.55. The lowest BCUT2D eigenvalue weighted by Crippen LogP contribution is -2.56. The molecular formula is C13H17NO2. The van der Waals surface area contributed by atoms with Crippen LogP contribution in [0.5, 0.6) is 0 Å². The fraction of sp³-hybridized carbons (Fsp3) is 0.846. The van der Waals surface area contributed by atoms with Gasteiger partial charge in [0.15, 0.2) is 0 Å². The van der Waals surface area contributed by atoms with Gasteiger partial charge in [-0.15, -0.1) is 0 Å². The largest absolute Gasteiger partial charge is 0.374 e. The fourth-order valence-corrected chi connectivity index (χ4v) is 4.17. The SMILES string of the molecule is N#CCCOC12CC3C[C@@H](C1)C(=O)[C@@H](C3)C2. The molecule has 0 radical (unpaired) electrons. The number of ether oxygens (including phenoxy) is 1. The van der Waals surface area contributed by atoms with Gasteiger partial charge in [-0.1, -0.05) is 0 Å². The van der Waals surface area contributed by atoms with Crippen LogP contribution < -0.4 is 0 Å². The molecule has 4 fully saturated rings. The van der Waals surface area contributed by atoms with Crippen LogP contribution in [-0.4, -0.2) is 18.0 Å². The highest BCUT2D eigenvalue weighted by Gasteiger charge is 2.55. The number of ketones is 1. The van der Waals surface area contributed by atoms with Crippen LogP contribution in [0.1, 0.15) is 38.5 Å². The molecule has 0 aromatic carbocycles. The van der Waals surface area contributed by atoms with Crippen molar-refractivity contribution < 1.29 is 9.53 Å². The third kappa shape index (κ3) is 1.48. The summed E-state index contributed by atoms with van der Waals surface area (Å²) in [6, 6.07) is 2.12. The Hall–Kier alpha value is -0.880. The summed E-state index contributed by atoms with van der Waals surface area (Å²) in [6.07, 6.45) is 5.63. The lowest BCUT2D eigenvalue weighted by Gasteiger charge is -2.55. The van der Waals surface area contributed by atoms with E-state index in [0.29, 0.717) is 24.7 Å². The van der Waals surface area contributed by atoms with Crippen molar-refractivity contribution in [3.8, 4) is 6.07 Å². The average molecular weight is 219 g/mol. The van der Waals surface area contributed by atoms with Gasteiger partial charge in [-0.05, 0) is 38.0 Å². The molecule has 4 bridgehead atoms. The van der Waals surface area contributed by atoms with E-state index < -0.39 is 0 Å². The van der Waals surface area contributed by atoms with E-state index in [1.54, 1.807) is 0 Å². The third-order valence-corrected chi connectivity index (χ3v) is 4.56. The summed E-state index contributed by atoms with van der Waals surface area (Å²) in [5, 5.41) is 8.54. The highest BCUT2D eigenvalue weighted by molar-refractivity contribution is 5.85. The van der Waals surface area contributed by atoms with E-state index in [1.165, 1.54) is 0 Å². The van der Waals surface area contributed by atoms with Crippen LogP contribution in [0.25, 0.3) is 0 Å². The second-order valence-electron chi connectivity index (χ2n) is 5.69. The zero-order chi connectivity index (χ0) is 11.2. The molecule has 0 aliphatic heterocycles. The first-order valence-corrected chi connectivity index (χ1v) is 6.27. The summed E-state index contributed by atoms with van der Waals surface area (Å²) >= 11 is 0. The zero-order valence-corrected chi connectivity index (χ0v) is 9.45. The smallest absolute Gasteiger partial charge is 0.139 e. The molecule has 0 saturated heterocycles. The normalized spacial score (nSPS) is 44.7. The van der Waals surface area contributed by atoms with Gasteiger partial charge in [0.05, 0.1) is 24.7 Å². The van der Waals surface area contributed by atoms with Gasteiger partial charge in [0.1, 0.15) is 5.78 Å². The lowest BCUT2D eigenvalue weighted by molar-refractivity contribution is -0.175. The first-order chi connectivity index (χ1) is 7.72. The minimum atomic E-state index is -0.0404. The van der Waals surface area contributed by atoms with Crippen molar-refractivity contribution in [1.82, 2.24) is 0 Å². The molecule has 0 amide bonds. The predicted octanol–water partition coefficient (Wildman–Crippen LogP) is 2.06. The van der Waals surface area contributed by atoms with Crippen molar-refractivity contribution in [3.63, 3.8) is 0 Å². The zero-order valence-electron chi connectivity index (χ0n) is 9.45. The second kappa shape index (κ2) is 3.56. The van der Waals surface area contributed by atoms with Gasteiger partial charge in [-0.3, -0.25) is 4.79 Å². The van der Waals surface area contributed by atoms with Gasteiger partial charge in [0.2, 0.25) is 0 Å². The van der Waals surface area contributed by atoms with E-state index in [9.17, 15) is 4.79 Å². The molecular weight excluding hydrogens is 202 g/mol. The maximum atomic E-state index is 11.9. The molecule has 4 aliphatic carbocycles. The van der Waals surface area contributed by atoms with Crippen LogP contribution in [0.2, 0.25) is 0 Å². The summed E-state index contributed by atoms with van der Waals surface area (Å²) < 4.78 is 5.96. The summed E-state index contributed by atoms with van der Waals surface area (Å²) in [6.45, 7) is 0.539. The molecule has 3 heteroatoms. The van der Waals surface area contributed by atoms with Crippen LogP contribution in [0.4, 0.5) is 0 Å². The maximum absolute atomic E-state index is 11.9. The molecule has 4 rings (SSSR count). The minimum Gasteiger partial charge on any atom is -0.374 e. The van der Waals surface area contributed by atoms with Crippen LogP contribution in [0.3, 0.4) is 0 Å². The monoisotopic (exact) mass is 219 g/mol. The molecule has 0 spiro atoms. The summed E-state index contributed by atoms with van der Waals surface area (Å²) in [5.41, 5.74) is -0.0404. The van der Waals surface area contributed by atoms with Gasteiger partial charge in [0, 0.05) is 11.8 Å². The lowest BCUT2D eigenvalue weighted by atomic mass is 9.53. The van der Waals surface area contributed by atoms with Crippen LogP contribution in [-0.2, 0) is 9.53 Å². The maximum Gasteiger partial charge on any atom is 0.139 e. The van der Waals surface area contributed by atoms with Gasteiger partial charge in [-0.25, -0.2) is 0 Å². The Bertz CT molecular complexity index is 339. The number of nitriles is 1. The molecule has 0 aromatic rings. The van der Waals surface area contributed by atoms with Crippen molar-refractivity contribution in [3.05, 3.63) is 0 Å². The van der Waals surface area contributed by atoms with Gasteiger partial charge < -0.3 is 4.74 Å². The van der Waals surface area contributed by atoms with E-state index in [0.717, 1.165) is 32.1 Å². The molecule has 2 atom stereocenters. The van der Waals surface area contributed by atoms with Gasteiger partial charge in [-0.2, -0.15) is 5.26 Å². The third-order valence-electron chi connectivity index (χ3n) is 4.56. The number of Topliss-reactive ketones (excluding diaryl/α,β-unsaturated/α-hetero) is 1. The van der Waals surface area contributed by atoms with Crippen LogP contribution in [0.15, 0.2) is 0 Å². The van der Waals surface area contributed by atoms with Crippen molar-refractivity contribution >= 4 is 5.78 Å². The Morgan fingerprint density at radius 2 is 2.00 bits per heavy atom. The van der Waals surface area contributed by atoms with Gasteiger partial charge in [0.25, 0.3) is 0 Å². The topological polar surface area (TPSA) is 50.1 Å². The predicted molar refractivity (Wildman–Crippen MR) is 57.5 cm³/mol. The fourth-order valence-electron chi connectivity index (χ4n) is 4.17. The van der Waals surface area contributed by atoms with E-state index in [4.69, 9.17) is 10.00 Å². The van der Waals surface area contributed by atoms with E-state index in [1.807, 2.05) is 0 Å². The summed E-state index contributed by atoms with van der Waals surface area (Å²) in [4.78, 5) is 11.9. The molecule has 0 aromatic heterocycles. The minimum absolute atomic E-state index is 0.0404. The molecule has 0 N–H and O–H groups in total. The van der Waals surface area contributed by atoms with Gasteiger partial charge >= 0.3 is 0 Å². The van der Waals surface area contributed by atoms with E-state index in [-0.39, 0.29) is 17.4 Å². The Labute approximate surface area is 95.8 Å². The quantitative estimate of drug-likeness (QED) is 0.683. The van der Waals surface area contributed by atoms with Crippen molar-refractivity contribution in [2.75, 3.05) is 6.61 Å². The number of carbonyl (C=O) groups is 1. The molecule has 86 valence electrons. The molecule has 0 heterocycles. The number of rotatable bonds is 3. The number of carbonyl (C=O) groups excluding carboxylic acids is 1.